The third-order valence-corrected chi connectivity index (χ3v) is 2.53. The second kappa shape index (κ2) is 3.21. The fourth-order valence-corrected chi connectivity index (χ4v) is 1.83. The summed E-state index contributed by atoms with van der Waals surface area (Å²) in [5, 5.41) is 2.90. The van der Waals surface area contributed by atoms with Crippen molar-refractivity contribution in [3.05, 3.63) is 29.3 Å². The predicted molar refractivity (Wildman–Crippen MR) is 52.8 cm³/mol. The Bertz CT molecular complexity index is 344. The highest BCUT2D eigenvalue weighted by atomic mass is 16.1. The number of aryl methyl sites for hydroxylation is 1. The summed E-state index contributed by atoms with van der Waals surface area (Å²) in [6.45, 7) is 2.14. The number of nitrogens with one attached hydrogen (secondary N) is 1. The van der Waals surface area contributed by atoms with Crippen LogP contribution in [0.5, 0.6) is 0 Å². The van der Waals surface area contributed by atoms with E-state index in [4.69, 9.17) is 0 Å². The first-order valence-electron chi connectivity index (χ1n) is 4.72. The molecule has 1 amide bonds. The van der Waals surface area contributed by atoms with Crippen LogP contribution in [-0.4, -0.2) is 5.91 Å². The van der Waals surface area contributed by atoms with Gasteiger partial charge in [-0.2, -0.15) is 0 Å². The van der Waals surface area contributed by atoms with E-state index in [1.54, 1.807) is 0 Å². The normalized spacial score (nSPS) is 15.0. The fraction of sp³-hybridized carbons (Fsp3) is 0.364. The van der Waals surface area contributed by atoms with E-state index in [2.05, 4.69) is 18.3 Å². The van der Waals surface area contributed by atoms with Crippen molar-refractivity contribution in [2.24, 2.45) is 0 Å². The molecular weight excluding hydrogens is 162 g/mol. The zero-order chi connectivity index (χ0) is 9.26. The lowest BCUT2D eigenvalue weighted by Crippen LogP contribution is -2.19. The van der Waals surface area contributed by atoms with Crippen LogP contribution in [0, 0.1) is 0 Å². The first-order chi connectivity index (χ1) is 6.31. The molecule has 13 heavy (non-hydrogen) atoms. The third-order valence-electron chi connectivity index (χ3n) is 2.53. The van der Waals surface area contributed by atoms with E-state index in [1.165, 1.54) is 11.1 Å². The molecule has 0 spiro atoms. The first-order valence-corrected chi connectivity index (χ1v) is 4.72. The van der Waals surface area contributed by atoms with Gasteiger partial charge in [-0.05, 0) is 30.0 Å². The standard InChI is InChI=1S/C11H13NO/c1-2-8-4-3-5-10-9(8)6-7-11(13)12-10/h3-5H,2,6-7H2,1H3,(H,12,13). The molecule has 2 rings (SSSR count). The summed E-state index contributed by atoms with van der Waals surface area (Å²) < 4.78 is 0. The van der Waals surface area contributed by atoms with Crippen LogP contribution in [0.2, 0.25) is 0 Å². The Hall–Kier alpha value is -1.31. The van der Waals surface area contributed by atoms with E-state index in [9.17, 15) is 4.79 Å². The van der Waals surface area contributed by atoms with Crippen molar-refractivity contribution in [3.8, 4) is 0 Å². The minimum Gasteiger partial charge on any atom is -0.326 e. The third kappa shape index (κ3) is 1.44. The van der Waals surface area contributed by atoms with Crippen LogP contribution in [0.25, 0.3) is 0 Å². The van der Waals surface area contributed by atoms with Gasteiger partial charge >= 0.3 is 0 Å². The maximum atomic E-state index is 11.1. The predicted octanol–water partition coefficient (Wildman–Crippen LogP) is 2.13. The number of carbonyl (C=O) groups is 1. The topological polar surface area (TPSA) is 29.1 Å². The number of anilines is 1. The number of benzene rings is 1. The Balaban J connectivity index is 2.45. The summed E-state index contributed by atoms with van der Waals surface area (Å²) in [4.78, 5) is 11.1. The van der Waals surface area contributed by atoms with Crippen LogP contribution in [0.3, 0.4) is 0 Å². The quantitative estimate of drug-likeness (QED) is 0.696. The van der Waals surface area contributed by atoms with Crippen molar-refractivity contribution in [2.75, 3.05) is 5.32 Å². The summed E-state index contributed by atoms with van der Waals surface area (Å²) in [6, 6.07) is 6.12. The zero-order valence-electron chi connectivity index (χ0n) is 7.76. The minimum absolute atomic E-state index is 0.140. The van der Waals surface area contributed by atoms with E-state index in [0.717, 1.165) is 18.5 Å². The molecule has 0 saturated heterocycles. The fourth-order valence-electron chi connectivity index (χ4n) is 1.83. The monoisotopic (exact) mass is 175 g/mol. The van der Waals surface area contributed by atoms with Crippen molar-refractivity contribution < 1.29 is 4.79 Å². The maximum absolute atomic E-state index is 11.1. The van der Waals surface area contributed by atoms with Crippen LogP contribution < -0.4 is 5.32 Å². The molecule has 0 unspecified atom stereocenters. The van der Waals surface area contributed by atoms with Crippen LogP contribution in [0.15, 0.2) is 18.2 Å². The van der Waals surface area contributed by atoms with Gasteiger partial charge in [0.25, 0.3) is 0 Å². The Morgan fingerprint density at radius 1 is 1.38 bits per heavy atom. The maximum Gasteiger partial charge on any atom is 0.224 e. The van der Waals surface area contributed by atoms with Gasteiger partial charge < -0.3 is 5.32 Å². The van der Waals surface area contributed by atoms with Crippen LogP contribution >= 0.6 is 0 Å². The lowest BCUT2D eigenvalue weighted by Gasteiger charge is -2.19. The molecule has 0 fully saturated rings. The van der Waals surface area contributed by atoms with Gasteiger partial charge in [-0.15, -0.1) is 0 Å². The highest BCUT2D eigenvalue weighted by Gasteiger charge is 2.15. The Morgan fingerprint density at radius 3 is 3.00 bits per heavy atom. The molecule has 1 N–H and O–H groups in total. The number of hydrogen-bond donors (Lipinski definition) is 1. The Kier molecular flexibility index (Phi) is 2.05. The highest BCUT2D eigenvalue weighted by molar-refractivity contribution is 5.94. The van der Waals surface area contributed by atoms with Crippen LogP contribution in [0.4, 0.5) is 5.69 Å². The molecule has 2 heteroatoms. The van der Waals surface area contributed by atoms with Gasteiger partial charge in [0.1, 0.15) is 0 Å². The molecule has 1 aromatic carbocycles. The van der Waals surface area contributed by atoms with Crippen molar-refractivity contribution >= 4 is 11.6 Å². The second-order valence-corrected chi connectivity index (χ2v) is 3.34. The number of fused-ring (bicyclic) bond motifs is 1. The van der Waals surface area contributed by atoms with Crippen molar-refractivity contribution in [2.45, 2.75) is 26.2 Å². The average molecular weight is 175 g/mol. The zero-order valence-corrected chi connectivity index (χ0v) is 7.76. The lowest BCUT2D eigenvalue weighted by atomic mass is 9.96. The second-order valence-electron chi connectivity index (χ2n) is 3.34. The highest BCUT2D eigenvalue weighted by Crippen LogP contribution is 2.25. The van der Waals surface area contributed by atoms with E-state index >= 15 is 0 Å². The molecule has 1 aromatic rings. The first kappa shape index (κ1) is 8.30. The van der Waals surface area contributed by atoms with Gasteiger partial charge in [-0.25, -0.2) is 0 Å². The van der Waals surface area contributed by atoms with Crippen molar-refractivity contribution in [1.29, 1.82) is 0 Å². The minimum atomic E-state index is 0.140. The van der Waals surface area contributed by atoms with E-state index in [-0.39, 0.29) is 5.91 Å². The molecule has 68 valence electrons. The number of hydrogen-bond acceptors (Lipinski definition) is 1. The molecule has 0 radical (unpaired) electrons. The number of amides is 1. The summed E-state index contributed by atoms with van der Waals surface area (Å²) in [5.41, 5.74) is 3.69. The van der Waals surface area contributed by atoms with Crippen molar-refractivity contribution in [3.63, 3.8) is 0 Å². The van der Waals surface area contributed by atoms with E-state index in [1.807, 2.05) is 12.1 Å². The summed E-state index contributed by atoms with van der Waals surface area (Å²) in [7, 11) is 0. The molecule has 1 aliphatic heterocycles. The average Bonchev–Trinajstić information content (AvgIpc) is 2.16. The van der Waals surface area contributed by atoms with E-state index < -0.39 is 0 Å². The largest absolute Gasteiger partial charge is 0.326 e. The van der Waals surface area contributed by atoms with Gasteiger partial charge in [-0.1, -0.05) is 19.1 Å². The molecule has 0 bridgehead atoms. The number of rotatable bonds is 1. The lowest BCUT2D eigenvalue weighted by molar-refractivity contribution is -0.116. The molecule has 0 atom stereocenters. The Morgan fingerprint density at radius 2 is 2.23 bits per heavy atom. The van der Waals surface area contributed by atoms with Gasteiger partial charge in [0.15, 0.2) is 0 Å². The summed E-state index contributed by atoms with van der Waals surface area (Å²) >= 11 is 0. The van der Waals surface area contributed by atoms with Crippen LogP contribution in [-0.2, 0) is 17.6 Å². The van der Waals surface area contributed by atoms with Crippen LogP contribution in [0.1, 0.15) is 24.5 Å². The molecular formula is C11H13NO. The summed E-state index contributed by atoms with van der Waals surface area (Å²) in [5.74, 6) is 0.140. The van der Waals surface area contributed by atoms with Gasteiger partial charge in [-0.3, -0.25) is 4.79 Å². The summed E-state index contributed by atoms with van der Waals surface area (Å²) in [6.07, 6.45) is 2.56. The van der Waals surface area contributed by atoms with Crippen molar-refractivity contribution in [1.82, 2.24) is 0 Å². The molecule has 2 nitrogen and oxygen atoms in total. The van der Waals surface area contributed by atoms with Gasteiger partial charge in [0, 0.05) is 12.1 Å². The molecule has 1 aliphatic rings. The van der Waals surface area contributed by atoms with E-state index in [0.29, 0.717) is 6.42 Å². The SMILES string of the molecule is CCc1cccc2c1CCC(=O)N2. The van der Waals surface area contributed by atoms with Gasteiger partial charge in [0.2, 0.25) is 5.91 Å². The van der Waals surface area contributed by atoms with Gasteiger partial charge in [0.05, 0.1) is 0 Å². The number of carbonyl (C=O) groups excluding carboxylic acids is 1. The molecule has 0 aliphatic carbocycles. The Labute approximate surface area is 78.0 Å². The molecule has 0 saturated carbocycles. The molecule has 0 aromatic heterocycles. The smallest absolute Gasteiger partial charge is 0.224 e. The molecule has 1 heterocycles.